The number of benzene rings is 1. The third-order valence-corrected chi connectivity index (χ3v) is 4.10. The van der Waals surface area contributed by atoms with E-state index in [4.69, 9.17) is 14.2 Å². The Balaban J connectivity index is 1.56. The van der Waals surface area contributed by atoms with Crippen molar-refractivity contribution in [1.29, 1.82) is 0 Å². The first kappa shape index (κ1) is 17.1. The summed E-state index contributed by atoms with van der Waals surface area (Å²) in [5, 5.41) is 0. The lowest BCUT2D eigenvalue weighted by Gasteiger charge is -2.26. The Morgan fingerprint density at radius 3 is 2.64 bits per heavy atom. The second-order valence-corrected chi connectivity index (χ2v) is 6.79. The summed E-state index contributed by atoms with van der Waals surface area (Å²) in [5.41, 5.74) is 0. The molecular formula is C19H30O3. The van der Waals surface area contributed by atoms with E-state index >= 15 is 0 Å². The largest absolute Gasteiger partial charge is 0.486 e. The van der Waals surface area contributed by atoms with Gasteiger partial charge in [0.1, 0.15) is 6.61 Å². The van der Waals surface area contributed by atoms with E-state index in [1.807, 2.05) is 24.3 Å². The number of rotatable bonds is 9. The lowest BCUT2D eigenvalue weighted by Crippen LogP contribution is -2.33. The first-order valence-corrected chi connectivity index (χ1v) is 8.61. The minimum atomic E-state index is 0.00569. The minimum absolute atomic E-state index is 0.00569. The van der Waals surface area contributed by atoms with Crippen molar-refractivity contribution in [1.82, 2.24) is 0 Å². The molecule has 0 aliphatic carbocycles. The molecule has 1 aromatic rings. The fourth-order valence-corrected chi connectivity index (χ4v) is 2.66. The summed E-state index contributed by atoms with van der Waals surface area (Å²) in [6, 6.07) is 7.80. The Kier molecular flexibility index (Phi) is 7.04. The highest BCUT2D eigenvalue weighted by molar-refractivity contribution is 5.40. The molecule has 0 N–H and O–H groups in total. The summed E-state index contributed by atoms with van der Waals surface area (Å²) in [4.78, 5) is 0. The van der Waals surface area contributed by atoms with E-state index < -0.39 is 0 Å². The van der Waals surface area contributed by atoms with Crippen LogP contribution in [0.3, 0.4) is 0 Å². The van der Waals surface area contributed by atoms with Crippen LogP contribution in [0.2, 0.25) is 0 Å². The third-order valence-electron chi connectivity index (χ3n) is 4.10. The van der Waals surface area contributed by atoms with Gasteiger partial charge in [0.2, 0.25) is 0 Å². The minimum Gasteiger partial charge on any atom is -0.486 e. The van der Waals surface area contributed by atoms with Gasteiger partial charge in [-0.1, -0.05) is 52.2 Å². The first-order valence-electron chi connectivity index (χ1n) is 8.61. The average Bonchev–Trinajstić information content (AvgIpc) is 2.51. The molecule has 3 heteroatoms. The van der Waals surface area contributed by atoms with Crippen molar-refractivity contribution in [2.45, 2.75) is 52.6 Å². The Morgan fingerprint density at radius 1 is 1.09 bits per heavy atom. The van der Waals surface area contributed by atoms with Crippen molar-refractivity contribution in [2.24, 2.45) is 11.8 Å². The van der Waals surface area contributed by atoms with Crippen LogP contribution >= 0.6 is 0 Å². The highest BCUT2D eigenvalue weighted by atomic mass is 16.6. The van der Waals surface area contributed by atoms with Gasteiger partial charge in [-0.3, -0.25) is 0 Å². The topological polar surface area (TPSA) is 27.7 Å². The maximum absolute atomic E-state index is 5.88. The molecule has 0 saturated carbocycles. The predicted molar refractivity (Wildman–Crippen MR) is 89.6 cm³/mol. The van der Waals surface area contributed by atoms with Gasteiger partial charge in [-0.05, 0) is 30.4 Å². The Labute approximate surface area is 135 Å². The molecule has 0 aromatic heterocycles. The van der Waals surface area contributed by atoms with E-state index in [-0.39, 0.29) is 6.10 Å². The van der Waals surface area contributed by atoms with Gasteiger partial charge in [-0.2, -0.15) is 0 Å². The predicted octanol–water partition coefficient (Wildman–Crippen LogP) is 4.70. The molecule has 1 aliphatic rings. The van der Waals surface area contributed by atoms with Gasteiger partial charge in [0.05, 0.1) is 6.61 Å². The van der Waals surface area contributed by atoms with Crippen LogP contribution in [0.25, 0.3) is 0 Å². The van der Waals surface area contributed by atoms with Crippen molar-refractivity contribution in [3.8, 4) is 11.5 Å². The average molecular weight is 306 g/mol. The lowest BCUT2D eigenvalue weighted by atomic mass is 9.98. The molecule has 0 spiro atoms. The Morgan fingerprint density at radius 2 is 1.86 bits per heavy atom. The van der Waals surface area contributed by atoms with Crippen LogP contribution in [0, 0.1) is 11.8 Å². The third kappa shape index (κ3) is 5.88. The molecule has 0 bridgehead atoms. The van der Waals surface area contributed by atoms with E-state index in [1.165, 1.54) is 19.3 Å². The summed E-state index contributed by atoms with van der Waals surface area (Å²) >= 11 is 0. The number of hydrogen-bond acceptors (Lipinski definition) is 3. The van der Waals surface area contributed by atoms with Gasteiger partial charge in [-0.15, -0.1) is 0 Å². The molecule has 0 saturated heterocycles. The van der Waals surface area contributed by atoms with Crippen molar-refractivity contribution in [2.75, 3.05) is 19.8 Å². The zero-order chi connectivity index (χ0) is 15.8. The van der Waals surface area contributed by atoms with Gasteiger partial charge in [0.25, 0.3) is 0 Å². The summed E-state index contributed by atoms with van der Waals surface area (Å²) in [6.45, 7) is 8.88. The van der Waals surface area contributed by atoms with Crippen LogP contribution in [-0.4, -0.2) is 25.9 Å². The Hall–Kier alpha value is -1.22. The Bertz CT molecular complexity index is 430. The van der Waals surface area contributed by atoms with Crippen LogP contribution in [0.15, 0.2) is 24.3 Å². The van der Waals surface area contributed by atoms with Crippen molar-refractivity contribution in [3.63, 3.8) is 0 Å². The van der Waals surface area contributed by atoms with Crippen LogP contribution < -0.4 is 9.47 Å². The summed E-state index contributed by atoms with van der Waals surface area (Å²) in [7, 11) is 0. The van der Waals surface area contributed by atoms with E-state index in [0.717, 1.165) is 36.4 Å². The normalized spacial score (nSPS) is 18.5. The molecule has 0 amide bonds. The zero-order valence-electron chi connectivity index (χ0n) is 14.2. The van der Waals surface area contributed by atoms with Crippen LogP contribution in [-0.2, 0) is 4.74 Å². The molecule has 0 radical (unpaired) electrons. The molecule has 2 unspecified atom stereocenters. The number of fused-ring (bicyclic) bond motifs is 1. The van der Waals surface area contributed by atoms with Crippen LogP contribution in [0.1, 0.15) is 46.5 Å². The smallest absolute Gasteiger partial charge is 0.161 e. The second kappa shape index (κ2) is 9.04. The van der Waals surface area contributed by atoms with Gasteiger partial charge in [0.15, 0.2) is 17.6 Å². The number of hydrogen-bond donors (Lipinski definition) is 0. The summed E-state index contributed by atoms with van der Waals surface area (Å²) in [6.07, 6.45) is 5.10. The van der Waals surface area contributed by atoms with Gasteiger partial charge >= 0.3 is 0 Å². The molecule has 124 valence electrons. The second-order valence-electron chi connectivity index (χ2n) is 6.79. The van der Waals surface area contributed by atoms with Gasteiger partial charge in [0, 0.05) is 6.61 Å². The monoisotopic (exact) mass is 306 g/mol. The summed E-state index contributed by atoms with van der Waals surface area (Å²) in [5.74, 6) is 3.21. The number of para-hydroxylation sites is 2. The highest BCUT2D eigenvalue weighted by Crippen LogP contribution is 2.30. The number of ether oxygens (including phenoxy) is 3. The van der Waals surface area contributed by atoms with Gasteiger partial charge < -0.3 is 14.2 Å². The van der Waals surface area contributed by atoms with E-state index in [0.29, 0.717) is 13.2 Å². The standard InChI is InChI=1S/C19H30O3/c1-15(2)7-6-8-16(3)11-12-20-13-17-14-21-18-9-4-5-10-19(18)22-17/h4-5,9-10,15-17H,6-8,11-14H2,1-3H3. The van der Waals surface area contributed by atoms with E-state index in [9.17, 15) is 0 Å². The fourth-order valence-electron chi connectivity index (χ4n) is 2.66. The maximum atomic E-state index is 5.88. The van der Waals surface area contributed by atoms with Crippen molar-refractivity contribution in [3.05, 3.63) is 24.3 Å². The first-order chi connectivity index (χ1) is 10.6. The maximum Gasteiger partial charge on any atom is 0.161 e. The molecule has 1 aliphatic heterocycles. The zero-order valence-corrected chi connectivity index (χ0v) is 14.2. The molecular weight excluding hydrogens is 276 g/mol. The van der Waals surface area contributed by atoms with Crippen LogP contribution in [0.5, 0.6) is 11.5 Å². The SMILES string of the molecule is CC(C)CCCC(C)CCOCC1COc2ccccc2O1. The quantitative estimate of drug-likeness (QED) is 0.619. The molecule has 0 fully saturated rings. The lowest BCUT2D eigenvalue weighted by molar-refractivity contribution is 0.00552. The van der Waals surface area contributed by atoms with Crippen molar-refractivity contribution < 1.29 is 14.2 Å². The van der Waals surface area contributed by atoms with Crippen molar-refractivity contribution >= 4 is 0 Å². The molecule has 1 aromatic carbocycles. The van der Waals surface area contributed by atoms with E-state index in [1.54, 1.807) is 0 Å². The highest BCUT2D eigenvalue weighted by Gasteiger charge is 2.20. The molecule has 2 rings (SSSR count). The molecule has 1 heterocycles. The molecule has 2 atom stereocenters. The van der Waals surface area contributed by atoms with Gasteiger partial charge in [-0.25, -0.2) is 0 Å². The van der Waals surface area contributed by atoms with E-state index in [2.05, 4.69) is 20.8 Å². The fraction of sp³-hybridized carbons (Fsp3) is 0.684. The summed E-state index contributed by atoms with van der Waals surface area (Å²) < 4.78 is 17.3. The molecule has 3 nitrogen and oxygen atoms in total. The molecule has 22 heavy (non-hydrogen) atoms. The van der Waals surface area contributed by atoms with Crippen LogP contribution in [0.4, 0.5) is 0 Å².